The van der Waals surface area contributed by atoms with E-state index in [0.717, 1.165) is 64.0 Å². The molecular formula is C20H34N4O2. The highest BCUT2D eigenvalue weighted by Crippen LogP contribution is 2.14. The van der Waals surface area contributed by atoms with Gasteiger partial charge in [0.2, 0.25) is 0 Å². The van der Waals surface area contributed by atoms with Gasteiger partial charge >= 0.3 is 0 Å². The van der Waals surface area contributed by atoms with Gasteiger partial charge in [0.1, 0.15) is 5.75 Å². The summed E-state index contributed by atoms with van der Waals surface area (Å²) in [5.74, 6) is 2.44. The monoisotopic (exact) mass is 362 g/mol. The summed E-state index contributed by atoms with van der Waals surface area (Å²) in [5, 5.41) is 3.43. The van der Waals surface area contributed by atoms with E-state index in [1.807, 2.05) is 19.2 Å². The van der Waals surface area contributed by atoms with Gasteiger partial charge in [-0.15, -0.1) is 0 Å². The number of hydrogen-bond donors (Lipinski definition) is 1. The molecule has 1 saturated heterocycles. The summed E-state index contributed by atoms with van der Waals surface area (Å²) in [4.78, 5) is 8.74. The maximum Gasteiger partial charge on any atom is 0.193 e. The molecular weight excluding hydrogens is 328 g/mol. The van der Waals surface area contributed by atoms with Gasteiger partial charge in [0, 0.05) is 46.3 Å². The molecule has 0 bridgehead atoms. The van der Waals surface area contributed by atoms with Crippen molar-refractivity contribution in [2.75, 3.05) is 61.1 Å². The molecule has 1 heterocycles. The maximum atomic E-state index is 5.78. The number of aliphatic imine (C=N–C) groups is 1. The first-order valence-corrected chi connectivity index (χ1v) is 9.44. The second-order valence-electron chi connectivity index (χ2n) is 7.16. The van der Waals surface area contributed by atoms with Crippen LogP contribution < -0.4 is 10.1 Å². The van der Waals surface area contributed by atoms with E-state index in [2.05, 4.69) is 53.4 Å². The van der Waals surface area contributed by atoms with Crippen LogP contribution in [0, 0.1) is 5.92 Å². The van der Waals surface area contributed by atoms with Gasteiger partial charge in [-0.05, 0) is 44.6 Å². The van der Waals surface area contributed by atoms with Crippen LogP contribution in [0.1, 0.15) is 18.4 Å². The lowest BCUT2D eigenvalue weighted by Crippen LogP contribution is -2.41. The molecule has 1 aliphatic heterocycles. The van der Waals surface area contributed by atoms with Crippen LogP contribution >= 0.6 is 0 Å². The molecule has 0 radical (unpaired) electrons. The number of nitrogens with one attached hydrogen (secondary N) is 1. The second-order valence-corrected chi connectivity index (χ2v) is 7.16. The van der Waals surface area contributed by atoms with Crippen LogP contribution in [0.3, 0.4) is 0 Å². The van der Waals surface area contributed by atoms with E-state index in [-0.39, 0.29) is 0 Å². The Balaban J connectivity index is 1.73. The highest BCUT2D eigenvalue weighted by molar-refractivity contribution is 5.79. The second kappa shape index (κ2) is 11.0. The molecule has 1 aromatic carbocycles. The van der Waals surface area contributed by atoms with Crippen molar-refractivity contribution in [1.29, 1.82) is 0 Å². The van der Waals surface area contributed by atoms with E-state index in [0.29, 0.717) is 5.92 Å². The lowest BCUT2D eigenvalue weighted by Gasteiger charge is -2.24. The molecule has 0 amide bonds. The topological polar surface area (TPSA) is 49.3 Å². The summed E-state index contributed by atoms with van der Waals surface area (Å²) in [6, 6.07) is 8.28. The van der Waals surface area contributed by atoms with E-state index >= 15 is 0 Å². The number of ether oxygens (including phenoxy) is 2. The number of rotatable bonds is 9. The first kappa shape index (κ1) is 20.5. The average molecular weight is 363 g/mol. The van der Waals surface area contributed by atoms with E-state index in [1.54, 1.807) is 0 Å². The van der Waals surface area contributed by atoms with Gasteiger partial charge in [0.05, 0.1) is 13.2 Å². The Bertz CT molecular complexity index is 539. The maximum absolute atomic E-state index is 5.78. The minimum absolute atomic E-state index is 0.600. The molecule has 2 rings (SSSR count). The molecule has 1 aliphatic rings. The first-order valence-electron chi connectivity index (χ1n) is 9.44. The molecule has 6 heteroatoms. The predicted octanol–water partition coefficient (Wildman–Crippen LogP) is 2.06. The van der Waals surface area contributed by atoms with Gasteiger partial charge in [-0.2, -0.15) is 0 Å². The van der Waals surface area contributed by atoms with Crippen LogP contribution in [0.2, 0.25) is 0 Å². The van der Waals surface area contributed by atoms with E-state index in [1.165, 1.54) is 5.56 Å². The molecule has 1 atom stereocenters. The fourth-order valence-corrected chi connectivity index (χ4v) is 3.04. The summed E-state index contributed by atoms with van der Waals surface area (Å²) < 4.78 is 11.2. The van der Waals surface area contributed by atoms with E-state index < -0.39 is 0 Å². The summed E-state index contributed by atoms with van der Waals surface area (Å²) >= 11 is 0. The van der Waals surface area contributed by atoms with Crippen molar-refractivity contribution in [2.24, 2.45) is 10.9 Å². The minimum Gasteiger partial charge on any atom is -0.494 e. The Morgan fingerprint density at radius 1 is 1.27 bits per heavy atom. The van der Waals surface area contributed by atoms with Crippen molar-refractivity contribution in [3.63, 3.8) is 0 Å². The van der Waals surface area contributed by atoms with Crippen LogP contribution in [0.5, 0.6) is 5.75 Å². The highest BCUT2D eigenvalue weighted by atomic mass is 16.5. The largest absolute Gasteiger partial charge is 0.494 e. The lowest BCUT2D eigenvalue weighted by molar-refractivity contribution is 0.181. The third-order valence-electron chi connectivity index (χ3n) is 4.52. The average Bonchev–Trinajstić information content (AvgIpc) is 3.13. The number of nitrogens with zero attached hydrogens (tertiary/aromatic N) is 3. The van der Waals surface area contributed by atoms with Crippen LogP contribution in [0.4, 0.5) is 0 Å². The van der Waals surface area contributed by atoms with E-state index in [4.69, 9.17) is 9.47 Å². The molecule has 1 fully saturated rings. The van der Waals surface area contributed by atoms with Gasteiger partial charge in [0.25, 0.3) is 0 Å². The smallest absolute Gasteiger partial charge is 0.193 e. The summed E-state index contributed by atoms with van der Waals surface area (Å²) in [6.07, 6.45) is 2.17. The van der Waals surface area contributed by atoms with Gasteiger partial charge in [0.15, 0.2) is 5.96 Å². The SMILES string of the molecule is CN=C(NCc1ccc(OCCCN(C)C)cc1)N(C)CC1CCOC1. The molecule has 26 heavy (non-hydrogen) atoms. The summed E-state index contributed by atoms with van der Waals surface area (Å²) in [5.41, 5.74) is 1.21. The predicted molar refractivity (Wildman–Crippen MR) is 107 cm³/mol. The fraction of sp³-hybridized carbons (Fsp3) is 0.650. The van der Waals surface area contributed by atoms with Crippen molar-refractivity contribution in [1.82, 2.24) is 15.1 Å². The third kappa shape index (κ3) is 7.22. The zero-order valence-electron chi connectivity index (χ0n) is 16.7. The van der Waals surface area contributed by atoms with Gasteiger partial charge in [-0.25, -0.2) is 0 Å². The molecule has 146 valence electrons. The quantitative estimate of drug-likeness (QED) is 0.414. The van der Waals surface area contributed by atoms with Crippen LogP contribution in [-0.4, -0.2) is 76.9 Å². The lowest BCUT2D eigenvalue weighted by atomic mass is 10.1. The molecule has 0 aliphatic carbocycles. The molecule has 0 saturated carbocycles. The van der Waals surface area contributed by atoms with Crippen LogP contribution in [0.15, 0.2) is 29.3 Å². The molecule has 0 spiro atoms. The number of hydrogen-bond acceptors (Lipinski definition) is 4. The number of benzene rings is 1. The van der Waals surface area contributed by atoms with Crippen molar-refractivity contribution in [2.45, 2.75) is 19.4 Å². The Labute approximate surface area is 158 Å². The molecule has 1 N–H and O–H groups in total. The van der Waals surface area contributed by atoms with Crippen molar-refractivity contribution >= 4 is 5.96 Å². The van der Waals surface area contributed by atoms with Gasteiger partial charge in [-0.1, -0.05) is 12.1 Å². The van der Waals surface area contributed by atoms with Crippen molar-refractivity contribution < 1.29 is 9.47 Å². The molecule has 1 aromatic rings. The number of guanidine groups is 1. The van der Waals surface area contributed by atoms with Gasteiger partial charge < -0.3 is 24.6 Å². The van der Waals surface area contributed by atoms with Crippen LogP contribution in [0.25, 0.3) is 0 Å². The highest BCUT2D eigenvalue weighted by Gasteiger charge is 2.18. The zero-order valence-corrected chi connectivity index (χ0v) is 16.7. The van der Waals surface area contributed by atoms with Gasteiger partial charge in [-0.3, -0.25) is 4.99 Å². The minimum atomic E-state index is 0.600. The Kier molecular flexibility index (Phi) is 8.71. The standard InChI is InChI=1S/C20H34N4O2/c1-21-20(24(4)15-18-10-13-25-16-18)22-14-17-6-8-19(9-7-17)26-12-5-11-23(2)3/h6-9,18H,5,10-16H2,1-4H3,(H,21,22). The molecule has 1 unspecified atom stereocenters. The Hall–Kier alpha value is -1.79. The van der Waals surface area contributed by atoms with Crippen LogP contribution in [-0.2, 0) is 11.3 Å². The molecule has 0 aromatic heterocycles. The Morgan fingerprint density at radius 2 is 2.04 bits per heavy atom. The third-order valence-corrected chi connectivity index (χ3v) is 4.52. The zero-order chi connectivity index (χ0) is 18.8. The van der Waals surface area contributed by atoms with E-state index in [9.17, 15) is 0 Å². The van der Waals surface area contributed by atoms with Crippen molar-refractivity contribution in [3.8, 4) is 5.75 Å². The first-order chi connectivity index (χ1) is 12.6. The summed E-state index contributed by atoms with van der Waals surface area (Å²) in [7, 11) is 8.07. The van der Waals surface area contributed by atoms with Crippen molar-refractivity contribution in [3.05, 3.63) is 29.8 Å². The molecule has 6 nitrogen and oxygen atoms in total. The fourth-order valence-electron chi connectivity index (χ4n) is 3.04. The Morgan fingerprint density at radius 3 is 2.65 bits per heavy atom. The normalized spacial score (nSPS) is 17.6. The summed E-state index contributed by atoms with van der Waals surface area (Å²) in [6.45, 7) is 5.25.